The third kappa shape index (κ3) is 4.07. The summed E-state index contributed by atoms with van der Waals surface area (Å²) in [4.78, 5) is 25.8. The molecule has 6 aliphatic rings. The van der Waals surface area contributed by atoms with E-state index in [1.807, 2.05) is 0 Å². The predicted molar refractivity (Wildman–Crippen MR) is 126 cm³/mol. The van der Waals surface area contributed by atoms with Gasteiger partial charge in [-0.15, -0.1) is 0 Å². The molecule has 2 unspecified atom stereocenters. The molecule has 184 valence electrons. The van der Waals surface area contributed by atoms with E-state index in [1.54, 1.807) is 6.07 Å². The van der Waals surface area contributed by atoms with Gasteiger partial charge in [-0.1, -0.05) is 12.8 Å². The van der Waals surface area contributed by atoms with E-state index in [-0.39, 0.29) is 22.7 Å². The first kappa shape index (κ1) is 22.5. The van der Waals surface area contributed by atoms with Crippen LogP contribution in [0, 0.1) is 40.8 Å². The maximum absolute atomic E-state index is 15.4. The molecule has 1 aromatic carbocycles. The summed E-state index contributed by atoms with van der Waals surface area (Å²) in [5.41, 5.74) is 1.38. The van der Waals surface area contributed by atoms with E-state index in [1.165, 1.54) is 51.7 Å². The van der Waals surface area contributed by atoms with Crippen molar-refractivity contribution in [3.8, 4) is 5.75 Å². The number of esters is 1. The van der Waals surface area contributed by atoms with E-state index in [4.69, 9.17) is 9.47 Å². The fourth-order valence-electron chi connectivity index (χ4n) is 8.37. The molecule has 0 saturated heterocycles. The van der Waals surface area contributed by atoms with Gasteiger partial charge in [0.1, 0.15) is 11.6 Å². The van der Waals surface area contributed by atoms with Crippen LogP contribution < -0.4 is 4.74 Å². The molecule has 6 aliphatic carbocycles. The molecule has 6 fully saturated rings. The highest BCUT2D eigenvalue weighted by Gasteiger charge is 2.51. The zero-order chi connectivity index (χ0) is 23.4. The number of hydrogen-bond acceptors (Lipinski definition) is 4. The number of Topliss-reactive ketones (excluding diaryl/α,β-unsaturated/α-hetero) is 1. The van der Waals surface area contributed by atoms with Gasteiger partial charge in [-0.3, -0.25) is 9.59 Å². The van der Waals surface area contributed by atoms with Crippen LogP contribution in [0.15, 0.2) is 12.1 Å². The summed E-state index contributed by atoms with van der Waals surface area (Å²) < 4.78 is 26.8. The Morgan fingerprint density at radius 3 is 2.15 bits per heavy atom. The van der Waals surface area contributed by atoms with Crippen molar-refractivity contribution in [1.82, 2.24) is 0 Å². The minimum atomic E-state index is -0.510. The lowest BCUT2D eigenvalue weighted by atomic mass is 9.50. The molecule has 0 heterocycles. The van der Waals surface area contributed by atoms with Crippen LogP contribution in [-0.2, 0) is 9.53 Å². The average molecular weight is 469 g/mol. The Bertz CT molecular complexity index is 945. The fourth-order valence-corrected chi connectivity index (χ4v) is 8.37. The average Bonchev–Trinajstić information content (AvgIpc) is 3.66. The summed E-state index contributed by atoms with van der Waals surface area (Å²) in [5.74, 6) is 1.47. The molecule has 1 aromatic rings. The normalized spacial score (nSPS) is 36.4. The maximum Gasteiger partial charge on any atom is 0.309 e. The number of halogens is 1. The molecule has 0 aromatic heterocycles. The number of methoxy groups -OCH3 is 1. The molecule has 5 heteroatoms. The van der Waals surface area contributed by atoms with Crippen LogP contribution in [-0.4, -0.2) is 25.5 Å². The lowest BCUT2D eigenvalue weighted by Gasteiger charge is -2.56. The van der Waals surface area contributed by atoms with Gasteiger partial charge < -0.3 is 9.47 Å². The highest BCUT2D eigenvalue weighted by atomic mass is 19.1. The molecule has 4 nitrogen and oxygen atoms in total. The molecule has 4 bridgehead atoms. The first-order chi connectivity index (χ1) is 16.4. The number of benzene rings is 1. The zero-order valence-electron chi connectivity index (χ0n) is 20.3. The van der Waals surface area contributed by atoms with E-state index in [2.05, 4.69) is 0 Å². The Morgan fingerprint density at radius 1 is 0.941 bits per heavy atom. The molecule has 6 saturated carbocycles. The highest BCUT2D eigenvalue weighted by molar-refractivity contribution is 6.00. The quantitative estimate of drug-likeness (QED) is 0.340. The first-order valence-electron chi connectivity index (χ1n) is 13.5. The van der Waals surface area contributed by atoms with Crippen LogP contribution in [0.2, 0.25) is 0 Å². The minimum Gasteiger partial charge on any atom is -0.493 e. The van der Waals surface area contributed by atoms with Crippen LogP contribution in [0.4, 0.5) is 4.39 Å². The van der Waals surface area contributed by atoms with E-state index in [0.717, 1.165) is 49.0 Å². The first-order valence-corrected chi connectivity index (χ1v) is 13.5. The third-order valence-electron chi connectivity index (χ3n) is 9.69. The van der Waals surface area contributed by atoms with Crippen molar-refractivity contribution in [3.63, 3.8) is 0 Å². The SMILES string of the molecule is COC(=O)C1CCCCC1C(=O)c1cc(C2CC2)c(OCC23CC4CC(CC(C4)C2)C3)cc1F. The van der Waals surface area contributed by atoms with Gasteiger partial charge in [-0.05, 0) is 99.5 Å². The highest BCUT2D eigenvalue weighted by Crippen LogP contribution is 2.60. The summed E-state index contributed by atoms with van der Waals surface area (Å²) in [5, 5.41) is 0. The van der Waals surface area contributed by atoms with Gasteiger partial charge in [0, 0.05) is 17.4 Å². The number of hydrogen-bond donors (Lipinski definition) is 0. The lowest BCUT2D eigenvalue weighted by molar-refractivity contribution is -0.147. The maximum atomic E-state index is 15.4. The molecule has 34 heavy (non-hydrogen) atoms. The molecule has 0 radical (unpaired) electrons. The second-order valence-electron chi connectivity index (χ2n) is 12.2. The Balaban J connectivity index is 1.24. The molecular formula is C29H37FO4. The standard InChI is InChI=1S/C29H37FO4/c1-33-28(32)22-5-3-2-4-21(22)27(31)24-11-23(20-6-7-20)26(12-25(24)30)34-16-29-13-17-8-18(14-29)10-19(9-17)15-29/h11-12,17-22H,2-10,13-16H2,1H3. The van der Waals surface area contributed by atoms with Crippen molar-refractivity contribution >= 4 is 11.8 Å². The van der Waals surface area contributed by atoms with Crippen LogP contribution in [0.25, 0.3) is 0 Å². The minimum absolute atomic E-state index is 0.129. The summed E-state index contributed by atoms with van der Waals surface area (Å²) in [6, 6.07) is 3.23. The van der Waals surface area contributed by atoms with Gasteiger partial charge >= 0.3 is 5.97 Å². The van der Waals surface area contributed by atoms with Crippen molar-refractivity contribution in [3.05, 3.63) is 29.1 Å². The third-order valence-corrected chi connectivity index (χ3v) is 9.69. The van der Waals surface area contributed by atoms with Gasteiger partial charge in [0.25, 0.3) is 0 Å². The van der Waals surface area contributed by atoms with Gasteiger partial charge in [0.05, 0.1) is 25.2 Å². The second kappa shape index (κ2) is 8.64. The van der Waals surface area contributed by atoms with Crippen LogP contribution >= 0.6 is 0 Å². The summed E-state index contributed by atoms with van der Waals surface area (Å²) in [6.45, 7) is 0.677. The van der Waals surface area contributed by atoms with Crippen molar-refractivity contribution in [2.45, 2.75) is 83.0 Å². The Labute approximate surface area is 202 Å². The number of carbonyl (C=O) groups excluding carboxylic acids is 2. The van der Waals surface area contributed by atoms with Crippen molar-refractivity contribution in [1.29, 1.82) is 0 Å². The molecule has 0 spiro atoms. The number of ketones is 1. The Hall–Kier alpha value is -1.91. The van der Waals surface area contributed by atoms with E-state index in [9.17, 15) is 9.59 Å². The van der Waals surface area contributed by atoms with Crippen molar-refractivity contribution in [2.75, 3.05) is 13.7 Å². The van der Waals surface area contributed by atoms with Crippen LogP contribution in [0.5, 0.6) is 5.75 Å². The van der Waals surface area contributed by atoms with Gasteiger partial charge in [0.15, 0.2) is 5.78 Å². The molecule has 7 rings (SSSR count). The van der Waals surface area contributed by atoms with Crippen LogP contribution in [0.3, 0.4) is 0 Å². The van der Waals surface area contributed by atoms with Gasteiger partial charge in [-0.25, -0.2) is 4.39 Å². The molecule has 0 N–H and O–H groups in total. The van der Waals surface area contributed by atoms with E-state index < -0.39 is 17.7 Å². The summed E-state index contributed by atoms with van der Waals surface area (Å²) in [7, 11) is 1.36. The Kier molecular flexibility index (Phi) is 5.73. The molecular weight excluding hydrogens is 431 g/mol. The lowest BCUT2D eigenvalue weighted by Crippen LogP contribution is -2.48. The molecule has 0 amide bonds. The van der Waals surface area contributed by atoms with Gasteiger partial charge in [0.2, 0.25) is 0 Å². The topological polar surface area (TPSA) is 52.6 Å². The van der Waals surface area contributed by atoms with Crippen LogP contribution in [0.1, 0.15) is 98.9 Å². The molecule has 2 atom stereocenters. The van der Waals surface area contributed by atoms with E-state index >= 15 is 4.39 Å². The predicted octanol–water partition coefficient (Wildman–Crippen LogP) is 6.46. The summed E-state index contributed by atoms with van der Waals surface area (Å²) >= 11 is 0. The van der Waals surface area contributed by atoms with Crippen molar-refractivity contribution < 1.29 is 23.5 Å². The second-order valence-corrected chi connectivity index (χ2v) is 12.2. The smallest absolute Gasteiger partial charge is 0.309 e. The van der Waals surface area contributed by atoms with E-state index in [0.29, 0.717) is 31.1 Å². The molecule has 0 aliphatic heterocycles. The number of carbonyl (C=O) groups is 2. The largest absolute Gasteiger partial charge is 0.493 e. The number of ether oxygens (including phenoxy) is 2. The fraction of sp³-hybridized carbons (Fsp3) is 0.724. The zero-order valence-corrected chi connectivity index (χ0v) is 20.3. The monoisotopic (exact) mass is 468 g/mol. The number of rotatable bonds is 7. The Morgan fingerprint density at radius 2 is 1.56 bits per heavy atom. The van der Waals surface area contributed by atoms with Gasteiger partial charge in [-0.2, -0.15) is 0 Å². The van der Waals surface area contributed by atoms with Crippen molar-refractivity contribution in [2.24, 2.45) is 35.0 Å². The summed E-state index contributed by atoms with van der Waals surface area (Å²) in [6.07, 6.45) is 13.1.